The van der Waals surface area contributed by atoms with Gasteiger partial charge in [0.1, 0.15) is 0 Å². The number of rotatable bonds is 2. The summed E-state index contributed by atoms with van der Waals surface area (Å²) < 4.78 is 37.5. The highest BCUT2D eigenvalue weighted by atomic mass is 35.5. The van der Waals surface area contributed by atoms with E-state index < -0.39 is 11.7 Å². The lowest BCUT2D eigenvalue weighted by atomic mass is 10.1. The van der Waals surface area contributed by atoms with Gasteiger partial charge in [0, 0.05) is 10.0 Å². The summed E-state index contributed by atoms with van der Waals surface area (Å²) in [6.45, 7) is 0. The molecule has 1 aromatic carbocycles. The molecule has 86 valence electrons. The number of alkyl halides is 3. The Morgan fingerprint density at radius 1 is 1.19 bits per heavy atom. The lowest BCUT2D eigenvalue weighted by molar-refractivity contribution is -0.0690. The van der Waals surface area contributed by atoms with Gasteiger partial charge in [0.15, 0.2) is 0 Å². The fraction of sp³-hybridized carbons (Fsp3) is 0.111. The summed E-state index contributed by atoms with van der Waals surface area (Å²) in [5.74, 6) is 0. The second kappa shape index (κ2) is 4.84. The highest BCUT2D eigenvalue weighted by Crippen LogP contribution is 2.36. The van der Waals surface area contributed by atoms with Crippen LogP contribution in [0, 0.1) is 4.91 Å². The van der Waals surface area contributed by atoms with Gasteiger partial charge >= 0.3 is 6.18 Å². The molecular weight excluding hydrogens is 266 g/mol. The highest BCUT2D eigenvalue weighted by Gasteiger charge is 2.35. The molecule has 16 heavy (non-hydrogen) atoms. The second-order valence-corrected chi connectivity index (χ2v) is 3.68. The fourth-order valence-electron chi connectivity index (χ4n) is 1.07. The number of nitroso groups, excluding NO2 is 1. The molecule has 0 atom stereocenters. The molecule has 0 N–H and O–H groups in total. The Morgan fingerprint density at radius 2 is 1.69 bits per heavy atom. The molecule has 7 heteroatoms. The first-order valence-electron chi connectivity index (χ1n) is 3.91. The van der Waals surface area contributed by atoms with Crippen LogP contribution in [-0.4, -0.2) is 6.18 Å². The zero-order valence-electron chi connectivity index (χ0n) is 7.55. The molecule has 0 radical (unpaired) electrons. The van der Waals surface area contributed by atoms with E-state index in [1.54, 1.807) is 0 Å². The maximum atomic E-state index is 12.5. The Balaban J connectivity index is 3.33. The third-order valence-electron chi connectivity index (χ3n) is 1.66. The summed E-state index contributed by atoms with van der Waals surface area (Å²) in [6.07, 6.45) is -4.51. The molecule has 0 aliphatic rings. The van der Waals surface area contributed by atoms with E-state index in [0.717, 1.165) is 12.1 Å². The molecule has 2 nitrogen and oxygen atoms in total. The first kappa shape index (κ1) is 13.0. The van der Waals surface area contributed by atoms with E-state index in [0.29, 0.717) is 0 Å². The number of hydrogen-bond donors (Lipinski definition) is 0. The van der Waals surface area contributed by atoms with Gasteiger partial charge in [-0.15, -0.1) is 4.91 Å². The van der Waals surface area contributed by atoms with Crippen LogP contribution in [0.5, 0.6) is 0 Å². The Morgan fingerprint density at radius 3 is 2.06 bits per heavy atom. The predicted molar refractivity (Wildman–Crippen MR) is 56.3 cm³/mol. The quantitative estimate of drug-likeness (QED) is 0.718. The maximum Gasteiger partial charge on any atom is 0.418 e. The average Bonchev–Trinajstić information content (AvgIpc) is 2.10. The molecule has 1 rings (SSSR count). The van der Waals surface area contributed by atoms with E-state index >= 15 is 0 Å². The van der Waals surface area contributed by atoms with Crippen LogP contribution < -0.4 is 0 Å². The molecular formula is C9H4Cl2F3NO. The van der Waals surface area contributed by atoms with Gasteiger partial charge in [-0.2, -0.15) is 13.2 Å². The summed E-state index contributed by atoms with van der Waals surface area (Å²) in [5.41, 5.74) is -1.49. The van der Waals surface area contributed by atoms with Crippen LogP contribution in [0.4, 0.5) is 13.2 Å². The van der Waals surface area contributed by atoms with Gasteiger partial charge in [-0.3, -0.25) is 0 Å². The Hall–Kier alpha value is -1.07. The smallest absolute Gasteiger partial charge is 0.166 e. The summed E-state index contributed by atoms with van der Waals surface area (Å²) in [6, 6.07) is 3.39. The van der Waals surface area contributed by atoms with Gasteiger partial charge in [0.25, 0.3) is 0 Å². The van der Waals surface area contributed by atoms with Crippen molar-refractivity contribution in [3.05, 3.63) is 44.9 Å². The van der Waals surface area contributed by atoms with E-state index in [1.807, 2.05) is 0 Å². The van der Waals surface area contributed by atoms with Crippen LogP contribution in [0.3, 0.4) is 0 Å². The fourth-order valence-corrected chi connectivity index (χ4v) is 1.60. The monoisotopic (exact) mass is 269 g/mol. The predicted octanol–water partition coefficient (Wildman–Crippen LogP) is 4.66. The van der Waals surface area contributed by atoms with Crippen molar-refractivity contribution in [1.29, 1.82) is 0 Å². The Labute approximate surface area is 98.6 Å². The molecule has 1 aromatic rings. The molecule has 0 fully saturated rings. The van der Waals surface area contributed by atoms with Crippen LogP contribution in [0.15, 0.2) is 29.6 Å². The molecule has 0 amide bonds. The van der Waals surface area contributed by atoms with Gasteiger partial charge in [-0.05, 0) is 28.9 Å². The van der Waals surface area contributed by atoms with Crippen molar-refractivity contribution < 1.29 is 13.2 Å². The summed E-state index contributed by atoms with van der Waals surface area (Å²) in [4.78, 5) is 9.91. The number of allylic oxidation sites excluding steroid dienone is 1. The van der Waals surface area contributed by atoms with Crippen LogP contribution in [0.1, 0.15) is 5.56 Å². The SMILES string of the molecule is O=N/C=C(/c1cc(Cl)cc(Cl)c1)C(F)(F)F. The minimum atomic E-state index is -4.69. The number of halogens is 5. The second-order valence-electron chi connectivity index (χ2n) is 2.80. The van der Waals surface area contributed by atoms with Crippen LogP contribution in [-0.2, 0) is 0 Å². The van der Waals surface area contributed by atoms with Crippen molar-refractivity contribution in [3.63, 3.8) is 0 Å². The lowest BCUT2D eigenvalue weighted by Gasteiger charge is -2.11. The lowest BCUT2D eigenvalue weighted by Crippen LogP contribution is -2.10. The zero-order valence-corrected chi connectivity index (χ0v) is 9.07. The molecule has 0 aliphatic carbocycles. The average molecular weight is 270 g/mol. The Kier molecular flexibility index (Phi) is 3.93. The van der Waals surface area contributed by atoms with Crippen LogP contribution in [0.2, 0.25) is 10.0 Å². The van der Waals surface area contributed by atoms with Crippen molar-refractivity contribution in [3.8, 4) is 0 Å². The third kappa shape index (κ3) is 3.21. The summed E-state index contributed by atoms with van der Waals surface area (Å²) >= 11 is 11.1. The number of nitrogens with zero attached hydrogens (tertiary/aromatic N) is 1. The van der Waals surface area contributed by atoms with Crippen LogP contribution in [0.25, 0.3) is 5.57 Å². The molecule has 0 saturated heterocycles. The van der Waals surface area contributed by atoms with Gasteiger partial charge in [0.05, 0.1) is 11.8 Å². The minimum Gasteiger partial charge on any atom is -0.166 e. The first-order valence-corrected chi connectivity index (χ1v) is 4.66. The van der Waals surface area contributed by atoms with E-state index in [2.05, 4.69) is 5.18 Å². The molecule has 0 unspecified atom stereocenters. The van der Waals surface area contributed by atoms with Crippen molar-refractivity contribution in [2.75, 3.05) is 0 Å². The van der Waals surface area contributed by atoms with Crippen molar-refractivity contribution in [2.45, 2.75) is 6.18 Å². The largest absolute Gasteiger partial charge is 0.418 e. The summed E-state index contributed by atoms with van der Waals surface area (Å²) in [7, 11) is 0. The third-order valence-corrected chi connectivity index (χ3v) is 2.10. The first-order chi connectivity index (χ1) is 7.34. The molecule has 0 heterocycles. The molecule has 0 spiro atoms. The maximum absolute atomic E-state index is 12.5. The Bertz CT molecular complexity index is 423. The molecule has 0 bridgehead atoms. The normalized spacial score (nSPS) is 12.7. The number of hydrogen-bond acceptors (Lipinski definition) is 2. The van der Waals surface area contributed by atoms with Gasteiger partial charge in [0.2, 0.25) is 0 Å². The van der Waals surface area contributed by atoms with Gasteiger partial charge in [-0.1, -0.05) is 23.2 Å². The van der Waals surface area contributed by atoms with Gasteiger partial charge < -0.3 is 0 Å². The van der Waals surface area contributed by atoms with E-state index in [-0.39, 0.29) is 21.8 Å². The topological polar surface area (TPSA) is 29.4 Å². The highest BCUT2D eigenvalue weighted by molar-refractivity contribution is 6.34. The van der Waals surface area contributed by atoms with Crippen molar-refractivity contribution in [2.24, 2.45) is 5.18 Å². The van der Waals surface area contributed by atoms with E-state index in [4.69, 9.17) is 23.2 Å². The van der Waals surface area contributed by atoms with Crippen LogP contribution >= 0.6 is 23.2 Å². The minimum absolute atomic E-state index is 0.0450. The number of benzene rings is 1. The zero-order chi connectivity index (χ0) is 12.3. The molecule has 0 aromatic heterocycles. The standard InChI is InChI=1S/C9H4Cl2F3NO/c10-6-1-5(2-7(11)3-6)8(4-15-16)9(12,13)14/h1-4H/b8-4-. The van der Waals surface area contributed by atoms with E-state index in [1.165, 1.54) is 6.07 Å². The van der Waals surface area contributed by atoms with E-state index in [9.17, 15) is 18.1 Å². The molecule has 0 aliphatic heterocycles. The summed E-state index contributed by atoms with van der Waals surface area (Å²) in [5, 5.41) is 2.21. The molecule has 0 saturated carbocycles. The van der Waals surface area contributed by atoms with Crippen molar-refractivity contribution in [1.82, 2.24) is 0 Å². The van der Waals surface area contributed by atoms with Crippen molar-refractivity contribution >= 4 is 28.8 Å². The van der Waals surface area contributed by atoms with Gasteiger partial charge in [-0.25, -0.2) is 0 Å².